The lowest BCUT2D eigenvalue weighted by atomic mass is 10.2. The minimum Gasteiger partial charge on any atom is -0.376 e. The SMILES string of the molecule is Clc1cc(NCC2CCCO2)nc(C2CCCO2)n1. The summed E-state index contributed by atoms with van der Waals surface area (Å²) in [5.74, 6) is 1.43. The Morgan fingerprint density at radius 2 is 2.05 bits per heavy atom. The molecule has 2 aliphatic heterocycles. The van der Waals surface area contributed by atoms with Gasteiger partial charge in [-0.2, -0.15) is 0 Å². The predicted molar refractivity (Wildman–Crippen MR) is 72.4 cm³/mol. The average Bonchev–Trinajstić information content (AvgIpc) is 3.09. The van der Waals surface area contributed by atoms with Crippen molar-refractivity contribution in [1.82, 2.24) is 9.97 Å². The van der Waals surface area contributed by atoms with Crippen molar-refractivity contribution >= 4 is 17.4 Å². The summed E-state index contributed by atoms with van der Waals surface area (Å²) < 4.78 is 11.2. The number of hydrogen-bond acceptors (Lipinski definition) is 5. The molecule has 1 aromatic rings. The molecule has 3 heterocycles. The Morgan fingerprint density at radius 1 is 1.21 bits per heavy atom. The lowest BCUT2D eigenvalue weighted by Gasteiger charge is -2.13. The zero-order valence-corrected chi connectivity index (χ0v) is 11.5. The monoisotopic (exact) mass is 283 g/mol. The second-order valence-electron chi connectivity index (χ2n) is 4.95. The molecular weight excluding hydrogens is 266 g/mol. The first-order valence-corrected chi connectivity index (χ1v) is 7.20. The smallest absolute Gasteiger partial charge is 0.161 e. The second kappa shape index (κ2) is 6.03. The molecule has 1 N–H and O–H groups in total. The van der Waals surface area contributed by atoms with Gasteiger partial charge < -0.3 is 14.8 Å². The minimum atomic E-state index is -0.0121. The third kappa shape index (κ3) is 3.35. The van der Waals surface area contributed by atoms with Crippen molar-refractivity contribution < 1.29 is 9.47 Å². The third-order valence-electron chi connectivity index (χ3n) is 3.46. The quantitative estimate of drug-likeness (QED) is 0.861. The molecule has 19 heavy (non-hydrogen) atoms. The number of rotatable bonds is 4. The first-order valence-electron chi connectivity index (χ1n) is 6.83. The number of aromatic nitrogens is 2. The highest BCUT2D eigenvalue weighted by Gasteiger charge is 2.22. The summed E-state index contributed by atoms with van der Waals surface area (Å²) in [5, 5.41) is 3.73. The Hall–Kier alpha value is -0.910. The fourth-order valence-electron chi connectivity index (χ4n) is 2.47. The van der Waals surface area contributed by atoms with Crippen LogP contribution in [0, 0.1) is 0 Å². The molecule has 6 heteroatoms. The van der Waals surface area contributed by atoms with E-state index in [1.165, 1.54) is 0 Å². The molecule has 2 aliphatic rings. The largest absolute Gasteiger partial charge is 0.376 e. The van der Waals surface area contributed by atoms with Crippen LogP contribution in [0.2, 0.25) is 5.15 Å². The van der Waals surface area contributed by atoms with E-state index in [9.17, 15) is 0 Å². The van der Waals surface area contributed by atoms with E-state index in [0.29, 0.717) is 11.0 Å². The Labute approximate surface area is 117 Å². The molecule has 0 aromatic carbocycles. The third-order valence-corrected chi connectivity index (χ3v) is 3.66. The standard InChI is InChI=1S/C13H18ClN3O2/c14-11-7-12(15-8-9-3-1-5-18-9)17-13(16-11)10-4-2-6-19-10/h7,9-10H,1-6,8H2,(H,15,16,17). The summed E-state index contributed by atoms with van der Waals surface area (Å²) in [7, 11) is 0. The van der Waals surface area contributed by atoms with E-state index in [0.717, 1.165) is 51.3 Å². The maximum Gasteiger partial charge on any atom is 0.161 e. The van der Waals surface area contributed by atoms with E-state index >= 15 is 0 Å². The topological polar surface area (TPSA) is 56.3 Å². The lowest BCUT2D eigenvalue weighted by Crippen LogP contribution is -2.19. The Balaban J connectivity index is 1.66. The molecule has 0 spiro atoms. The molecule has 2 fully saturated rings. The van der Waals surface area contributed by atoms with Crippen molar-refractivity contribution in [2.24, 2.45) is 0 Å². The van der Waals surface area contributed by atoms with Gasteiger partial charge in [0.2, 0.25) is 0 Å². The van der Waals surface area contributed by atoms with Crippen LogP contribution in [-0.2, 0) is 9.47 Å². The van der Waals surface area contributed by atoms with E-state index in [-0.39, 0.29) is 12.2 Å². The fourth-order valence-corrected chi connectivity index (χ4v) is 2.66. The number of anilines is 1. The highest BCUT2D eigenvalue weighted by molar-refractivity contribution is 6.29. The molecule has 0 aliphatic carbocycles. The van der Waals surface area contributed by atoms with Gasteiger partial charge in [-0.15, -0.1) is 0 Å². The maximum absolute atomic E-state index is 6.05. The normalized spacial score (nSPS) is 26.8. The van der Waals surface area contributed by atoms with Gasteiger partial charge in [0.05, 0.1) is 6.10 Å². The highest BCUT2D eigenvalue weighted by Crippen LogP contribution is 2.27. The fraction of sp³-hybridized carbons (Fsp3) is 0.692. The summed E-state index contributed by atoms with van der Waals surface area (Å²) in [4.78, 5) is 8.74. The van der Waals surface area contributed by atoms with Gasteiger partial charge in [-0.05, 0) is 25.7 Å². The molecule has 5 nitrogen and oxygen atoms in total. The molecule has 2 atom stereocenters. The van der Waals surface area contributed by atoms with Gasteiger partial charge in [-0.25, -0.2) is 9.97 Å². The van der Waals surface area contributed by atoms with Crippen molar-refractivity contribution in [2.75, 3.05) is 25.1 Å². The number of nitrogens with zero attached hydrogens (tertiary/aromatic N) is 2. The molecule has 2 unspecified atom stereocenters. The average molecular weight is 284 g/mol. The van der Waals surface area contributed by atoms with E-state index in [1.54, 1.807) is 6.07 Å². The maximum atomic E-state index is 6.05. The molecule has 2 saturated heterocycles. The molecule has 0 saturated carbocycles. The van der Waals surface area contributed by atoms with Crippen LogP contribution in [0.15, 0.2) is 6.07 Å². The highest BCUT2D eigenvalue weighted by atomic mass is 35.5. The van der Waals surface area contributed by atoms with Crippen molar-refractivity contribution in [1.29, 1.82) is 0 Å². The summed E-state index contributed by atoms with van der Waals surface area (Å²) in [6.45, 7) is 2.40. The van der Waals surface area contributed by atoms with E-state index in [2.05, 4.69) is 15.3 Å². The molecule has 0 amide bonds. The second-order valence-corrected chi connectivity index (χ2v) is 5.34. The van der Waals surface area contributed by atoms with Crippen molar-refractivity contribution in [3.05, 3.63) is 17.0 Å². The van der Waals surface area contributed by atoms with E-state index < -0.39 is 0 Å². The van der Waals surface area contributed by atoms with Gasteiger partial charge in [0, 0.05) is 25.8 Å². The van der Waals surface area contributed by atoms with Crippen LogP contribution in [0.4, 0.5) is 5.82 Å². The Kier molecular flexibility index (Phi) is 4.15. The summed E-state index contributed by atoms with van der Waals surface area (Å²) in [6.07, 6.45) is 4.52. The zero-order valence-electron chi connectivity index (χ0n) is 10.8. The van der Waals surface area contributed by atoms with Gasteiger partial charge >= 0.3 is 0 Å². The molecule has 1 aromatic heterocycles. The van der Waals surface area contributed by atoms with E-state index in [1.807, 2.05) is 0 Å². The predicted octanol–water partition coefficient (Wildman–Crippen LogP) is 2.57. The molecular formula is C13H18ClN3O2. The zero-order chi connectivity index (χ0) is 13.1. The Morgan fingerprint density at radius 3 is 2.79 bits per heavy atom. The number of halogens is 1. The number of nitrogens with one attached hydrogen (secondary N) is 1. The van der Waals surface area contributed by atoms with Gasteiger partial charge in [0.25, 0.3) is 0 Å². The summed E-state index contributed by atoms with van der Waals surface area (Å²) >= 11 is 6.05. The summed E-state index contributed by atoms with van der Waals surface area (Å²) in [6, 6.07) is 1.74. The van der Waals surface area contributed by atoms with Crippen LogP contribution in [0.25, 0.3) is 0 Å². The van der Waals surface area contributed by atoms with Crippen molar-refractivity contribution in [2.45, 2.75) is 37.9 Å². The van der Waals surface area contributed by atoms with Crippen molar-refractivity contribution in [3.63, 3.8) is 0 Å². The Bertz CT molecular complexity index is 432. The van der Waals surface area contributed by atoms with Gasteiger partial charge in [-0.1, -0.05) is 11.6 Å². The number of hydrogen-bond donors (Lipinski definition) is 1. The molecule has 0 bridgehead atoms. The summed E-state index contributed by atoms with van der Waals surface area (Å²) in [5.41, 5.74) is 0. The van der Waals surface area contributed by atoms with Crippen molar-refractivity contribution in [3.8, 4) is 0 Å². The first kappa shape index (κ1) is 13.1. The van der Waals surface area contributed by atoms with Crippen LogP contribution in [0.5, 0.6) is 0 Å². The minimum absolute atomic E-state index is 0.0121. The van der Waals surface area contributed by atoms with Gasteiger partial charge in [0.1, 0.15) is 17.1 Å². The molecule has 104 valence electrons. The van der Waals surface area contributed by atoms with Gasteiger partial charge in [0.15, 0.2) is 5.82 Å². The van der Waals surface area contributed by atoms with Crippen LogP contribution in [-0.4, -0.2) is 35.8 Å². The van der Waals surface area contributed by atoms with Crippen LogP contribution in [0.3, 0.4) is 0 Å². The molecule has 0 radical (unpaired) electrons. The number of ether oxygens (including phenoxy) is 2. The van der Waals surface area contributed by atoms with Crippen LogP contribution in [0.1, 0.15) is 37.6 Å². The van der Waals surface area contributed by atoms with Crippen LogP contribution < -0.4 is 5.32 Å². The van der Waals surface area contributed by atoms with E-state index in [4.69, 9.17) is 21.1 Å². The van der Waals surface area contributed by atoms with Crippen LogP contribution >= 0.6 is 11.6 Å². The van der Waals surface area contributed by atoms with Gasteiger partial charge in [-0.3, -0.25) is 0 Å². The first-order chi connectivity index (χ1) is 9.31. The lowest BCUT2D eigenvalue weighted by molar-refractivity contribution is 0.105. The molecule has 3 rings (SSSR count).